The number of nitrogens with one attached hydrogen (secondary N) is 1. The molecule has 1 aromatic carbocycles. The van der Waals surface area contributed by atoms with Crippen molar-refractivity contribution in [2.24, 2.45) is 0 Å². The molecule has 2 rings (SSSR count). The maximum atomic E-state index is 5.59. The van der Waals surface area contributed by atoms with Crippen LogP contribution < -0.4 is 10.1 Å². The molecular formula is C13H16ClNO. The normalized spacial score (nSPS) is 14.6. The fourth-order valence-electron chi connectivity index (χ4n) is 1.81. The number of fused-ring (bicyclic) bond motifs is 1. The van der Waals surface area contributed by atoms with E-state index in [0.29, 0.717) is 12.5 Å². The average Bonchev–Trinajstić information content (AvgIpc) is 2.34. The number of hydrogen-bond donors (Lipinski definition) is 1. The molecule has 0 aromatic heterocycles. The summed E-state index contributed by atoms with van der Waals surface area (Å²) < 4.78 is 5.59. The number of rotatable bonds is 4. The zero-order valence-electron chi connectivity index (χ0n) is 9.21. The Hall–Kier alpha value is -1.15. The zero-order valence-corrected chi connectivity index (χ0v) is 9.96. The van der Waals surface area contributed by atoms with Gasteiger partial charge in [-0.1, -0.05) is 18.2 Å². The van der Waals surface area contributed by atoms with Crippen molar-refractivity contribution in [1.82, 2.24) is 0 Å². The van der Waals surface area contributed by atoms with Crippen LogP contribution in [0.15, 0.2) is 30.4 Å². The van der Waals surface area contributed by atoms with Gasteiger partial charge in [-0.15, -0.1) is 11.6 Å². The van der Waals surface area contributed by atoms with E-state index < -0.39 is 0 Å². The van der Waals surface area contributed by atoms with E-state index in [-0.39, 0.29) is 0 Å². The van der Waals surface area contributed by atoms with Crippen LogP contribution in [-0.4, -0.2) is 19.0 Å². The molecular weight excluding hydrogens is 222 g/mol. The van der Waals surface area contributed by atoms with Gasteiger partial charge in [0, 0.05) is 24.2 Å². The predicted octanol–water partition coefficient (Wildman–Crippen LogP) is 3.22. The van der Waals surface area contributed by atoms with Crippen molar-refractivity contribution in [3.63, 3.8) is 0 Å². The van der Waals surface area contributed by atoms with Crippen molar-refractivity contribution >= 4 is 17.3 Å². The van der Waals surface area contributed by atoms with Gasteiger partial charge in [-0.2, -0.15) is 0 Å². The highest BCUT2D eigenvalue weighted by molar-refractivity contribution is 6.18. The van der Waals surface area contributed by atoms with Crippen LogP contribution in [0, 0.1) is 0 Å². The van der Waals surface area contributed by atoms with Gasteiger partial charge in [0.05, 0.1) is 0 Å². The van der Waals surface area contributed by atoms with Crippen molar-refractivity contribution in [2.45, 2.75) is 12.8 Å². The lowest BCUT2D eigenvalue weighted by molar-refractivity contribution is 0.363. The monoisotopic (exact) mass is 237 g/mol. The van der Waals surface area contributed by atoms with Crippen molar-refractivity contribution in [3.05, 3.63) is 35.9 Å². The third-order valence-electron chi connectivity index (χ3n) is 2.62. The number of allylic oxidation sites excluding steroid dienone is 1. The summed E-state index contributed by atoms with van der Waals surface area (Å²) in [6.07, 6.45) is 6.19. The first-order valence-corrected chi connectivity index (χ1v) is 6.14. The first-order chi connectivity index (χ1) is 7.90. The van der Waals surface area contributed by atoms with E-state index in [4.69, 9.17) is 16.3 Å². The van der Waals surface area contributed by atoms with Crippen LogP contribution in [0.25, 0.3) is 0 Å². The summed E-state index contributed by atoms with van der Waals surface area (Å²) in [5.41, 5.74) is 2.60. The van der Waals surface area contributed by atoms with Crippen LogP contribution in [0.5, 0.6) is 5.75 Å². The topological polar surface area (TPSA) is 21.3 Å². The highest BCUT2D eigenvalue weighted by Crippen LogP contribution is 2.26. The van der Waals surface area contributed by atoms with Gasteiger partial charge in [0.15, 0.2) is 0 Å². The van der Waals surface area contributed by atoms with Crippen molar-refractivity contribution in [2.75, 3.05) is 24.3 Å². The number of ether oxygens (including phenoxy) is 1. The van der Waals surface area contributed by atoms with Gasteiger partial charge < -0.3 is 10.1 Å². The molecule has 0 fully saturated rings. The van der Waals surface area contributed by atoms with Gasteiger partial charge in [-0.3, -0.25) is 0 Å². The second-order valence-corrected chi connectivity index (χ2v) is 4.09. The molecule has 1 aromatic rings. The van der Waals surface area contributed by atoms with E-state index in [0.717, 1.165) is 18.7 Å². The first-order valence-electron chi connectivity index (χ1n) is 5.61. The summed E-state index contributed by atoms with van der Waals surface area (Å²) in [4.78, 5) is 0. The molecule has 0 amide bonds. The molecule has 0 aliphatic carbocycles. The summed E-state index contributed by atoms with van der Waals surface area (Å²) >= 11 is 5.53. The zero-order chi connectivity index (χ0) is 11.2. The summed E-state index contributed by atoms with van der Waals surface area (Å²) in [6.45, 7) is 1.63. The largest absolute Gasteiger partial charge is 0.489 e. The quantitative estimate of drug-likeness (QED) is 0.641. The van der Waals surface area contributed by atoms with E-state index in [9.17, 15) is 0 Å². The Kier molecular flexibility index (Phi) is 4.11. The molecule has 1 N–H and O–H groups in total. The standard InChI is InChI=1S/C13H16ClNO/c14-7-1-2-9-16-12-6-5-11-4-3-8-15-13(11)10-12/h1-2,5-6,10,15H,3-4,7-9H2/b2-1-. The Morgan fingerprint density at radius 3 is 3.19 bits per heavy atom. The number of alkyl halides is 1. The number of hydrogen-bond acceptors (Lipinski definition) is 2. The highest BCUT2D eigenvalue weighted by atomic mass is 35.5. The molecule has 86 valence electrons. The van der Waals surface area contributed by atoms with Crippen molar-refractivity contribution < 1.29 is 4.74 Å². The second-order valence-electron chi connectivity index (χ2n) is 3.79. The Morgan fingerprint density at radius 1 is 1.38 bits per heavy atom. The minimum atomic E-state index is 0.537. The number of halogens is 1. The summed E-state index contributed by atoms with van der Waals surface area (Å²) in [5, 5.41) is 3.39. The minimum Gasteiger partial charge on any atom is -0.489 e. The maximum Gasteiger partial charge on any atom is 0.121 e. The number of benzene rings is 1. The smallest absolute Gasteiger partial charge is 0.121 e. The average molecular weight is 238 g/mol. The van der Waals surface area contributed by atoms with Crippen LogP contribution in [0.2, 0.25) is 0 Å². The van der Waals surface area contributed by atoms with E-state index in [1.54, 1.807) is 0 Å². The fraction of sp³-hybridized carbons (Fsp3) is 0.385. The first kappa shape index (κ1) is 11.3. The Labute approximate surface area is 101 Å². The van der Waals surface area contributed by atoms with Crippen LogP contribution in [0.4, 0.5) is 5.69 Å². The SMILES string of the molecule is ClC/C=C\COc1ccc2c(c1)NCCC2. The molecule has 2 nitrogen and oxygen atoms in total. The van der Waals surface area contributed by atoms with Gasteiger partial charge >= 0.3 is 0 Å². The van der Waals surface area contributed by atoms with Crippen LogP contribution in [0.3, 0.4) is 0 Å². The molecule has 0 atom stereocenters. The number of anilines is 1. The lowest BCUT2D eigenvalue weighted by Crippen LogP contribution is -2.11. The molecule has 0 unspecified atom stereocenters. The second kappa shape index (κ2) is 5.80. The molecule has 1 heterocycles. The molecule has 0 radical (unpaired) electrons. The van der Waals surface area contributed by atoms with Crippen LogP contribution in [0.1, 0.15) is 12.0 Å². The van der Waals surface area contributed by atoms with E-state index in [2.05, 4.69) is 17.4 Å². The molecule has 0 spiro atoms. The van der Waals surface area contributed by atoms with Crippen molar-refractivity contribution in [1.29, 1.82) is 0 Å². The third-order valence-corrected chi connectivity index (χ3v) is 2.80. The number of aryl methyl sites for hydroxylation is 1. The Morgan fingerprint density at radius 2 is 2.31 bits per heavy atom. The Balaban J connectivity index is 1.97. The van der Waals surface area contributed by atoms with E-state index in [1.807, 2.05) is 18.2 Å². The van der Waals surface area contributed by atoms with Crippen LogP contribution >= 0.6 is 11.6 Å². The highest BCUT2D eigenvalue weighted by Gasteiger charge is 2.08. The third kappa shape index (κ3) is 2.92. The van der Waals surface area contributed by atoms with Crippen molar-refractivity contribution in [3.8, 4) is 5.75 Å². The molecule has 1 aliphatic heterocycles. The molecule has 3 heteroatoms. The summed E-state index contributed by atoms with van der Waals surface area (Å²) in [5.74, 6) is 1.45. The van der Waals surface area contributed by atoms with Gasteiger partial charge in [0.1, 0.15) is 12.4 Å². The molecule has 0 saturated carbocycles. The van der Waals surface area contributed by atoms with Crippen LogP contribution in [-0.2, 0) is 6.42 Å². The summed E-state index contributed by atoms with van der Waals surface area (Å²) in [6, 6.07) is 6.24. The van der Waals surface area contributed by atoms with E-state index in [1.165, 1.54) is 17.7 Å². The lowest BCUT2D eigenvalue weighted by Gasteiger charge is -2.18. The molecule has 16 heavy (non-hydrogen) atoms. The van der Waals surface area contributed by atoms with Gasteiger partial charge in [-0.05, 0) is 24.5 Å². The van der Waals surface area contributed by atoms with Gasteiger partial charge in [0.25, 0.3) is 0 Å². The molecule has 0 saturated heterocycles. The minimum absolute atomic E-state index is 0.537. The lowest BCUT2D eigenvalue weighted by atomic mass is 10.0. The molecule has 1 aliphatic rings. The predicted molar refractivity (Wildman–Crippen MR) is 68.6 cm³/mol. The fourth-order valence-corrected chi connectivity index (χ4v) is 1.93. The maximum absolute atomic E-state index is 5.59. The summed E-state index contributed by atoms with van der Waals surface area (Å²) in [7, 11) is 0. The van der Waals surface area contributed by atoms with Gasteiger partial charge in [0.2, 0.25) is 0 Å². The van der Waals surface area contributed by atoms with E-state index >= 15 is 0 Å². The van der Waals surface area contributed by atoms with Gasteiger partial charge in [-0.25, -0.2) is 0 Å². The molecule has 0 bridgehead atoms. The Bertz CT molecular complexity index is 376.